The SMILES string of the molecule is CC(=O)CC1(C)CCCCC1.CC(=O)CC1(CON)CCCCC1. The second-order valence-electron chi connectivity index (χ2n) is 8.50. The maximum atomic E-state index is 11.1. The molecule has 0 spiro atoms. The Labute approximate surface area is 147 Å². The lowest BCUT2D eigenvalue weighted by Crippen LogP contribution is -2.32. The third-order valence-corrected chi connectivity index (χ3v) is 5.66. The number of Topliss-reactive ketones (excluding diaryl/α,β-unsaturated/α-hetero) is 2. The third-order valence-electron chi connectivity index (χ3n) is 5.66. The van der Waals surface area contributed by atoms with Crippen molar-refractivity contribution in [2.75, 3.05) is 6.61 Å². The van der Waals surface area contributed by atoms with Gasteiger partial charge in [-0.05, 0) is 44.9 Å². The molecular formula is C20H37NO3. The van der Waals surface area contributed by atoms with Gasteiger partial charge in [0.05, 0.1) is 6.61 Å². The summed E-state index contributed by atoms with van der Waals surface area (Å²) < 4.78 is 0. The van der Waals surface area contributed by atoms with Crippen LogP contribution in [0.25, 0.3) is 0 Å². The third kappa shape index (κ3) is 7.89. The van der Waals surface area contributed by atoms with Crippen molar-refractivity contribution in [1.29, 1.82) is 0 Å². The number of carbonyl (C=O) groups is 2. The van der Waals surface area contributed by atoms with Gasteiger partial charge in [-0.25, -0.2) is 5.90 Å². The van der Waals surface area contributed by atoms with Crippen molar-refractivity contribution in [1.82, 2.24) is 0 Å². The van der Waals surface area contributed by atoms with Crippen LogP contribution in [-0.4, -0.2) is 18.2 Å². The average Bonchev–Trinajstić information content (AvgIpc) is 2.47. The van der Waals surface area contributed by atoms with Crippen LogP contribution in [0, 0.1) is 10.8 Å². The molecule has 0 unspecified atom stereocenters. The minimum absolute atomic E-state index is 0.0544. The van der Waals surface area contributed by atoms with Gasteiger partial charge in [0, 0.05) is 18.3 Å². The lowest BCUT2D eigenvalue weighted by Gasteiger charge is -2.35. The monoisotopic (exact) mass is 339 g/mol. The van der Waals surface area contributed by atoms with Gasteiger partial charge in [-0.15, -0.1) is 0 Å². The van der Waals surface area contributed by atoms with Crippen molar-refractivity contribution in [2.45, 2.75) is 97.8 Å². The van der Waals surface area contributed by atoms with E-state index in [4.69, 9.17) is 10.7 Å². The number of nitrogens with two attached hydrogens (primary N) is 1. The van der Waals surface area contributed by atoms with E-state index in [-0.39, 0.29) is 11.2 Å². The van der Waals surface area contributed by atoms with E-state index >= 15 is 0 Å². The molecule has 140 valence electrons. The highest BCUT2D eigenvalue weighted by Gasteiger charge is 2.33. The summed E-state index contributed by atoms with van der Waals surface area (Å²) in [6, 6.07) is 0. The van der Waals surface area contributed by atoms with E-state index in [1.54, 1.807) is 13.8 Å². The molecule has 0 radical (unpaired) electrons. The minimum Gasteiger partial charge on any atom is -0.304 e. The second kappa shape index (κ2) is 10.3. The van der Waals surface area contributed by atoms with E-state index in [0.29, 0.717) is 24.2 Å². The highest BCUT2D eigenvalue weighted by atomic mass is 16.6. The Morgan fingerprint density at radius 2 is 1.29 bits per heavy atom. The number of carbonyl (C=O) groups excluding carboxylic acids is 2. The first-order valence-electron chi connectivity index (χ1n) is 9.61. The number of ketones is 2. The fraction of sp³-hybridized carbons (Fsp3) is 0.900. The fourth-order valence-corrected chi connectivity index (χ4v) is 4.56. The second-order valence-corrected chi connectivity index (χ2v) is 8.50. The molecule has 0 atom stereocenters. The van der Waals surface area contributed by atoms with E-state index < -0.39 is 0 Å². The van der Waals surface area contributed by atoms with Crippen LogP contribution < -0.4 is 5.90 Å². The molecule has 2 saturated carbocycles. The molecule has 0 saturated heterocycles. The minimum atomic E-state index is 0.0544. The first-order chi connectivity index (χ1) is 11.3. The molecular weight excluding hydrogens is 302 g/mol. The van der Waals surface area contributed by atoms with Crippen LogP contribution in [0.4, 0.5) is 0 Å². The van der Waals surface area contributed by atoms with Crippen LogP contribution in [0.15, 0.2) is 0 Å². The first kappa shape index (κ1) is 21.3. The molecule has 2 rings (SSSR count). The lowest BCUT2D eigenvalue weighted by molar-refractivity contribution is -0.121. The molecule has 24 heavy (non-hydrogen) atoms. The molecule has 4 heteroatoms. The fourth-order valence-electron chi connectivity index (χ4n) is 4.56. The maximum absolute atomic E-state index is 11.1. The van der Waals surface area contributed by atoms with Gasteiger partial charge in [0.15, 0.2) is 0 Å². The van der Waals surface area contributed by atoms with Gasteiger partial charge in [0.2, 0.25) is 0 Å². The topological polar surface area (TPSA) is 69.4 Å². The van der Waals surface area contributed by atoms with Gasteiger partial charge in [0.25, 0.3) is 0 Å². The average molecular weight is 340 g/mol. The summed E-state index contributed by atoms with van der Waals surface area (Å²) >= 11 is 0. The Balaban J connectivity index is 0.000000243. The summed E-state index contributed by atoms with van der Waals surface area (Å²) in [5.41, 5.74) is 0.406. The largest absolute Gasteiger partial charge is 0.304 e. The van der Waals surface area contributed by atoms with Gasteiger partial charge in [0.1, 0.15) is 11.6 Å². The summed E-state index contributed by atoms with van der Waals surface area (Å²) in [5, 5.41) is 0. The molecule has 2 aliphatic carbocycles. The van der Waals surface area contributed by atoms with Gasteiger partial charge in [-0.3, -0.25) is 0 Å². The molecule has 4 nitrogen and oxygen atoms in total. The Kier molecular flexibility index (Phi) is 9.14. The van der Waals surface area contributed by atoms with Crippen molar-refractivity contribution < 1.29 is 14.4 Å². The van der Waals surface area contributed by atoms with E-state index in [2.05, 4.69) is 6.92 Å². The molecule has 0 heterocycles. The zero-order valence-electron chi connectivity index (χ0n) is 16.0. The van der Waals surface area contributed by atoms with E-state index in [9.17, 15) is 9.59 Å². The highest BCUT2D eigenvalue weighted by molar-refractivity contribution is 5.76. The molecule has 0 aliphatic heterocycles. The summed E-state index contributed by atoms with van der Waals surface area (Å²) in [5.74, 6) is 5.71. The molecule has 2 fully saturated rings. The number of rotatable bonds is 6. The zero-order valence-corrected chi connectivity index (χ0v) is 16.0. The predicted octanol–water partition coefficient (Wildman–Crippen LogP) is 4.74. The molecule has 0 bridgehead atoms. The van der Waals surface area contributed by atoms with E-state index in [0.717, 1.165) is 19.3 Å². The molecule has 0 amide bonds. The van der Waals surface area contributed by atoms with Gasteiger partial charge in [-0.1, -0.05) is 45.4 Å². The van der Waals surface area contributed by atoms with Crippen LogP contribution >= 0.6 is 0 Å². The summed E-state index contributed by atoms with van der Waals surface area (Å²) in [7, 11) is 0. The summed E-state index contributed by atoms with van der Waals surface area (Å²) in [4.78, 5) is 26.7. The van der Waals surface area contributed by atoms with Gasteiger partial charge in [-0.2, -0.15) is 0 Å². The standard InChI is InChI=1S/C10H19NO2.C10H18O/c1-9(12)7-10(8-13-11)5-3-2-4-6-10;1-9(11)8-10(2)6-4-3-5-7-10/h2-8,11H2,1H3;3-8H2,1-2H3. The van der Waals surface area contributed by atoms with Crippen molar-refractivity contribution in [3.63, 3.8) is 0 Å². The van der Waals surface area contributed by atoms with Crippen molar-refractivity contribution >= 4 is 11.6 Å². The lowest BCUT2D eigenvalue weighted by atomic mass is 9.71. The van der Waals surface area contributed by atoms with Gasteiger partial charge < -0.3 is 14.4 Å². The Bertz CT molecular complexity index is 388. The smallest absolute Gasteiger partial charge is 0.130 e. The maximum Gasteiger partial charge on any atom is 0.130 e. The van der Waals surface area contributed by atoms with Crippen LogP contribution in [0.5, 0.6) is 0 Å². The molecule has 0 aromatic rings. The van der Waals surface area contributed by atoms with Crippen molar-refractivity contribution in [3.8, 4) is 0 Å². The highest BCUT2D eigenvalue weighted by Crippen LogP contribution is 2.39. The Morgan fingerprint density at radius 3 is 1.71 bits per heavy atom. The molecule has 0 aromatic carbocycles. The van der Waals surface area contributed by atoms with Gasteiger partial charge >= 0.3 is 0 Å². The normalized spacial score (nSPS) is 22.2. The molecule has 2 N–H and O–H groups in total. The zero-order chi connectivity index (χ0) is 18.1. The van der Waals surface area contributed by atoms with Crippen LogP contribution in [0.2, 0.25) is 0 Å². The van der Waals surface area contributed by atoms with E-state index in [1.807, 2.05) is 0 Å². The van der Waals surface area contributed by atoms with Crippen LogP contribution in [0.3, 0.4) is 0 Å². The van der Waals surface area contributed by atoms with Crippen molar-refractivity contribution in [3.05, 3.63) is 0 Å². The quantitative estimate of drug-likeness (QED) is 0.709. The predicted molar refractivity (Wildman–Crippen MR) is 97.4 cm³/mol. The first-order valence-corrected chi connectivity index (χ1v) is 9.61. The molecule has 2 aliphatic rings. The Morgan fingerprint density at radius 1 is 0.833 bits per heavy atom. The molecule has 0 aromatic heterocycles. The van der Waals surface area contributed by atoms with Crippen LogP contribution in [-0.2, 0) is 14.4 Å². The summed E-state index contributed by atoms with van der Waals surface area (Å²) in [6.45, 7) is 6.15. The Hall–Kier alpha value is -0.740. The van der Waals surface area contributed by atoms with Crippen LogP contribution in [0.1, 0.15) is 97.8 Å². The van der Waals surface area contributed by atoms with E-state index in [1.165, 1.54) is 51.4 Å². The summed E-state index contributed by atoms with van der Waals surface area (Å²) in [6.07, 6.45) is 13.8. The number of hydrogen-bond donors (Lipinski definition) is 1. The van der Waals surface area contributed by atoms with Crippen molar-refractivity contribution in [2.24, 2.45) is 16.7 Å². The number of hydrogen-bond acceptors (Lipinski definition) is 4.